The number of halogens is 1. The number of amides is 3. The second-order valence-corrected chi connectivity index (χ2v) is 7.40. The lowest BCUT2D eigenvalue weighted by Gasteiger charge is -2.22. The minimum Gasteiger partial charge on any atom is -0.422 e. The van der Waals surface area contributed by atoms with Gasteiger partial charge >= 0.3 is 11.7 Å². The molecular weight excluding hydrogens is 375 g/mol. The maximum absolute atomic E-state index is 14.3. The largest absolute Gasteiger partial charge is 0.422 e. The van der Waals surface area contributed by atoms with Crippen LogP contribution in [0.5, 0.6) is 0 Å². The first-order valence-electron chi connectivity index (χ1n) is 9.14. The Kier molecular flexibility index (Phi) is 4.26. The molecule has 2 heterocycles. The number of nitrogens with one attached hydrogen (secondary N) is 1. The van der Waals surface area contributed by atoms with Gasteiger partial charge in [0.15, 0.2) is 0 Å². The number of benzene rings is 2. The van der Waals surface area contributed by atoms with Crippen molar-refractivity contribution in [2.75, 3.05) is 0 Å². The summed E-state index contributed by atoms with van der Waals surface area (Å²) >= 11 is 0. The van der Waals surface area contributed by atoms with Gasteiger partial charge in [0.2, 0.25) is 0 Å². The number of carbonyl (C=O) groups is 2. The number of nitrogens with zero attached hydrogens (tertiary/aromatic N) is 1. The van der Waals surface area contributed by atoms with Crippen LogP contribution in [0.1, 0.15) is 29.2 Å². The molecule has 6 nitrogen and oxygen atoms in total. The number of rotatable bonds is 3. The summed E-state index contributed by atoms with van der Waals surface area (Å²) in [6.07, 6.45) is 0. The SMILES string of the molecule is Cc1ccc2c(CN3C(=O)NC(C)(c4ccccc4F)C3=O)cc(=O)oc2c1C. The fourth-order valence-corrected chi connectivity index (χ4v) is 3.72. The lowest BCUT2D eigenvalue weighted by Crippen LogP contribution is -2.41. The Balaban J connectivity index is 1.77. The van der Waals surface area contributed by atoms with Gasteiger partial charge in [-0.1, -0.05) is 30.3 Å². The Hall–Kier alpha value is -3.48. The molecule has 3 amide bonds. The number of hydrogen-bond acceptors (Lipinski definition) is 4. The van der Waals surface area contributed by atoms with Crippen LogP contribution >= 0.6 is 0 Å². The predicted molar refractivity (Wildman–Crippen MR) is 105 cm³/mol. The zero-order chi connectivity index (χ0) is 20.9. The minimum atomic E-state index is -1.52. The number of fused-ring (bicyclic) bond motifs is 1. The van der Waals surface area contributed by atoms with Crippen LogP contribution in [0.25, 0.3) is 11.0 Å². The highest BCUT2D eigenvalue weighted by molar-refractivity contribution is 6.07. The summed E-state index contributed by atoms with van der Waals surface area (Å²) in [5.74, 6) is -1.17. The average molecular weight is 394 g/mol. The van der Waals surface area contributed by atoms with Crippen molar-refractivity contribution >= 4 is 22.9 Å². The standard InChI is InChI=1S/C22H19FN2O4/c1-12-8-9-15-14(10-18(26)29-19(15)13(12)2)11-25-20(27)22(3,24-21(25)28)16-6-4-5-7-17(16)23/h4-10H,11H2,1-3H3,(H,24,28). The number of carbonyl (C=O) groups excluding carboxylic acids is 2. The van der Waals surface area contributed by atoms with Gasteiger partial charge in [-0.05, 0) is 43.5 Å². The van der Waals surface area contributed by atoms with Crippen LogP contribution < -0.4 is 10.9 Å². The van der Waals surface area contributed by atoms with E-state index in [1.807, 2.05) is 19.9 Å². The summed E-state index contributed by atoms with van der Waals surface area (Å²) in [7, 11) is 0. The van der Waals surface area contributed by atoms with Crippen LogP contribution in [0.4, 0.5) is 9.18 Å². The second-order valence-electron chi connectivity index (χ2n) is 7.40. The maximum atomic E-state index is 14.3. The van der Waals surface area contributed by atoms with E-state index in [-0.39, 0.29) is 12.1 Å². The number of hydrogen-bond donors (Lipinski definition) is 1. The molecule has 0 spiro atoms. The third kappa shape index (κ3) is 2.90. The van der Waals surface area contributed by atoms with E-state index in [2.05, 4.69) is 5.32 Å². The molecule has 1 unspecified atom stereocenters. The van der Waals surface area contributed by atoms with Crippen molar-refractivity contribution in [1.29, 1.82) is 0 Å². The van der Waals surface area contributed by atoms with Crippen LogP contribution in [-0.4, -0.2) is 16.8 Å². The average Bonchev–Trinajstić information content (AvgIpc) is 2.89. The summed E-state index contributed by atoms with van der Waals surface area (Å²) in [5, 5.41) is 3.23. The van der Waals surface area contributed by atoms with Crippen molar-refractivity contribution in [2.24, 2.45) is 0 Å². The molecule has 1 saturated heterocycles. The van der Waals surface area contributed by atoms with Gasteiger partial charge in [0.25, 0.3) is 5.91 Å². The molecule has 1 atom stereocenters. The fourth-order valence-electron chi connectivity index (χ4n) is 3.72. The van der Waals surface area contributed by atoms with Gasteiger partial charge in [-0.2, -0.15) is 0 Å². The Labute approximate surface area is 165 Å². The third-order valence-electron chi connectivity index (χ3n) is 5.53. The van der Waals surface area contributed by atoms with Crippen molar-refractivity contribution in [3.8, 4) is 0 Å². The first-order valence-corrected chi connectivity index (χ1v) is 9.14. The van der Waals surface area contributed by atoms with E-state index in [4.69, 9.17) is 4.42 Å². The van der Waals surface area contributed by atoms with Crippen molar-refractivity contribution in [3.05, 3.63) is 81.0 Å². The van der Waals surface area contributed by atoms with E-state index in [0.29, 0.717) is 16.5 Å². The lowest BCUT2D eigenvalue weighted by atomic mass is 9.91. The first-order chi connectivity index (χ1) is 13.7. The molecular formula is C22H19FN2O4. The maximum Gasteiger partial charge on any atom is 0.336 e. The Bertz CT molecular complexity index is 1230. The summed E-state index contributed by atoms with van der Waals surface area (Å²) in [6, 6.07) is 10.1. The first kappa shape index (κ1) is 18.9. The van der Waals surface area contributed by atoms with Gasteiger partial charge in [-0.15, -0.1) is 0 Å². The molecule has 7 heteroatoms. The van der Waals surface area contributed by atoms with Gasteiger partial charge < -0.3 is 9.73 Å². The highest BCUT2D eigenvalue weighted by atomic mass is 19.1. The van der Waals surface area contributed by atoms with Crippen LogP contribution in [0, 0.1) is 19.7 Å². The van der Waals surface area contributed by atoms with Crippen molar-refractivity contribution < 1.29 is 18.4 Å². The molecule has 0 radical (unpaired) electrons. The quantitative estimate of drug-likeness (QED) is 0.545. The molecule has 148 valence electrons. The molecule has 0 saturated carbocycles. The lowest BCUT2D eigenvalue weighted by molar-refractivity contribution is -0.131. The zero-order valence-corrected chi connectivity index (χ0v) is 16.2. The van der Waals surface area contributed by atoms with Crippen LogP contribution in [-0.2, 0) is 16.9 Å². The minimum absolute atomic E-state index is 0.0877. The molecule has 1 aliphatic heterocycles. The topological polar surface area (TPSA) is 79.6 Å². The Morgan fingerprint density at radius 2 is 1.83 bits per heavy atom. The molecule has 2 aromatic carbocycles. The molecule has 0 bridgehead atoms. The van der Waals surface area contributed by atoms with Gasteiger partial charge in [-0.25, -0.2) is 14.0 Å². The Morgan fingerprint density at radius 3 is 2.55 bits per heavy atom. The molecule has 1 fully saturated rings. The van der Waals surface area contributed by atoms with E-state index in [1.54, 1.807) is 12.1 Å². The summed E-state index contributed by atoms with van der Waals surface area (Å²) in [6.45, 7) is 5.09. The fraction of sp³-hybridized carbons (Fsp3) is 0.227. The smallest absolute Gasteiger partial charge is 0.336 e. The summed E-state index contributed by atoms with van der Waals surface area (Å²) < 4.78 is 19.7. The van der Waals surface area contributed by atoms with E-state index >= 15 is 0 Å². The molecule has 3 aromatic rings. The van der Waals surface area contributed by atoms with Gasteiger partial charge in [0, 0.05) is 17.0 Å². The van der Waals surface area contributed by atoms with Crippen LogP contribution in [0.3, 0.4) is 0 Å². The third-order valence-corrected chi connectivity index (χ3v) is 5.53. The molecule has 29 heavy (non-hydrogen) atoms. The van der Waals surface area contributed by atoms with Crippen molar-refractivity contribution in [2.45, 2.75) is 32.9 Å². The number of aryl methyl sites for hydroxylation is 2. The monoisotopic (exact) mass is 394 g/mol. The van der Waals surface area contributed by atoms with Crippen molar-refractivity contribution in [1.82, 2.24) is 10.2 Å². The van der Waals surface area contributed by atoms with E-state index in [9.17, 15) is 18.8 Å². The predicted octanol–water partition coefficient (Wildman–Crippen LogP) is 3.52. The molecule has 1 aliphatic rings. The van der Waals surface area contributed by atoms with E-state index in [0.717, 1.165) is 16.0 Å². The van der Waals surface area contributed by atoms with E-state index < -0.39 is 28.9 Å². The highest BCUT2D eigenvalue weighted by Gasteiger charge is 2.50. The van der Waals surface area contributed by atoms with Gasteiger partial charge in [0.05, 0.1) is 6.54 Å². The number of imide groups is 1. The second kappa shape index (κ2) is 6.55. The summed E-state index contributed by atoms with van der Waals surface area (Å²) in [4.78, 5) is 38.8. The zero-order valence-electron chi connectivity index (χ0n) is 16.2. The van der Waals surface area contributed by atoms with Crippen LogP contribution in [0.15, 0.2) is 51.7 Å². The van der Waals surface area contributed by atoms with Gasteiger partial charge in [-0.3, -0.25) is 9.69 Å². The number of urea groups is 1. The normalized spacial score (nSPS) is 19.1. The Morgan fingerprint density at radius 1 is 1.10 bits per heavy atom. The van der Waals surface area contributed by atoms with E-state index in [1.165, 1.54) is 31.2 Å². The molecule has 4 rings (SSSR count). The van der Waals surface area contributed by atoms with Crippen LogP contribution in [0.2, 0.25) is 0 Å². The highest BCUT2D eigenvalue weighted by Crippen LogP contribution is 2.32. The van der Waals surface area contributed by atoms with Gasteiger partial charge in [0.1, 0.15) is 16.9 Å². The molecule has 1 aromatic heterocycles. The summed E-state index contributed by atoms with van der Waals surface area (Å²) in [5.41, 5.74) is 0.686. The molecule has 0 aliphatic carbocycles. The molecule has 1 N–H and O–H groups in total. The van der Waals surface area contributed by atoms with Crippen molar-refractivity contribution in [3.63, 3.8) is 0 Å².